The summed E-state index contributed by atoms with van der Waals surface area (Å²) in [6.45, 7) is 1.29. The zero-order valence-corrected chi connectivity index (χ0v) is 12.0. The third-order valence-corrected chi connectivity index (χ3v) is 3.60. The number of halogens is 1. The van der Waals surface area contributed by atoms with Crippen LogP contribution in [0.25, 0.3) is 0 Å². The molecule has 0 aromatic heterocycles. The molecule has 0 bridgehead atoms. The highest BCUT2D eigenvalue weighted by Crippen LogP contribution is 2.28. The predicted molar refractivity (Wildman–Crippen MR) is 75.1 cm³/mol. The smallest absolute Gasteiger partial charge is 0.254 e. The second-order valence-electron chi connectivity index (χ2n) is 4.23. The van der Waals surface area contributed by atoms with Gasteiger partial charge in [0.25, 0.3) is 5.91 Å². The van der Waals surface area contributed by atoms with E-state index in [1.807, 2.05) is 29.2 Å². The largest absolute Gasteiger partial charge is 0.383 e. The van der Waals surface area contributed by atoms with Gasteiger partial charge in [0.1, 0.15) is 0 Å². The van der Waals surface area contributed by atoms with Crippen molar-refractivity contribution in [3.8, 4) is 0 Å². The van der Waals surface area contributed by atoms with E-state index in [9.17, 15) is 4.79 Å². The summed E-state index contributed by atoms with van der Waals surface area (Å²) >= 11 is 2.24. The van der Waals surface area contributed by atoms with Crippen LogP contribution in [0.1, 0.15) is 23.2 Å². The molecule has 3 nitrogen and oxygen atoms in total. The molecule has 1 amide bonds. The molecular weight excluding hydrogens is 329 g/mol. The number of hydrogen-bond acceptors (Lipinski definition) is 2. The lowest BCUT2D eigenvalue weighted by Crippen LogP contribution is -2.35. The van der Waals surface area contributed by atoms with Crippen LogP contribution in [0, 0.1) is 3.57 Å². The summed E-state index contributed by atoms with van der Waals surface area (Å²) < 4.78 is 6.21. The average Bonchev–Trinajstić information content (AvgIpc) is 3.14. The van der Waals surface area contributed by atoms with E-state index in [1.165, 1.54) is 0 Å². The second-order valence-corrected chi connectivity index (χ2v) is 5.48. The van der Waals surface area contributed by atoms with Gasteiger partial charge in [0.2, 0.25) is 0 Å². The quantitative estimate of drug-likeness (QED) is 0.768. The summed E-state index contributed by atoms with van der Waals surface area (Å²) in [5.74, 6) is 0.126. The Labute approximate surface area is 115 Å². The molecule has 0 N–H and O–H groups in total. The van der Waals surface area contributed by atoms with Gasteiger partial charge in [0, 0.05) is 28.8 Å². The number of carbonyl (C=O) groups excluding carboxylic acids is 1. The Morgan fingerprint density at radius 3 is 2.59 bits per heavy atom. The number of ether oxygens (including phenoxy) is 1. The number of rotatable bonds is 5. The first-order valence-electron chi connectivity index (χ1n) is 5.78. The number of nitrogens with zero attached hydrogens (tertiary/aromatic N) is 1. The van der Waals surface area contributed by atoms with Crippen LogP contribution in [-0.4, -0.2) is 37.1 Å². The average molecular weight is 345 g/mol. The van der Waals surface area contributed by atoms with Gasteiger partial charge < -0.3 is 9.64 Å². The molecule has 0 unspecified atom stereocenters. The zero-order valence-electron chi connectivity index (χ0n) is 9.86. The van der Waals surface area contributed by atoms with Gasteiger partial charge in [-0.05, 0) is 59.7 Å². The van der Waals surface area contributed by atoms with Crippen molar-refractivity contribution in [1.82, 2.24) is 4.90 Å². The molecule has 0 radical (unpaired) electrons. The Bertz CT molecular complexity index is 387. The highest BCUT2D eigenvalue weighted by atomic mass is 127. The number of hydrogen-bond donors (Lipinski definition) is 0. The highest BCUT2D eigenvalue weighted by molar-refractivity contribution is 14.1. The van der Waals surface area contributed by atoms with Gasteiger partial charge in [-0.3, -0.25) is 4.79 Å². The summed E-state index contributed by atoms with van der Waals surface area (Å²) in [5.41, 5.74) is 0.772. The molecular formula is C13H16INO2. The molecule has 0 saturated heterocycles. The van der Waals surface area contributed by atoms with Crippen molar-refractivity contribution in [3.63, 3.8) is 0 Å². The van der Waals surface area contributed by atoms with Crippen LogP contribution in [0.4, 0.5) is 0 Å². The van der Waals surface area contributed by atoms with Crippen LogP contribution in [-0.2, 0) is 4.74 Å². The normalized spacial score (nSPS) is 14.7. The van der Waals surface area contributed by atoms with Gasteiger partial charge in [0.15, 0.2) is 0 Å². The van der Waals surface area contributed by atoms with Crippen molar-refractivity contribution in [2.24, 2.45) is 0 Å². The van der Waals surface area contributed by atoms with E-state index in [0.717, 1.165) is 22.0 Å². The van der Waals surface area contributed by atoms with Gasteiger partial charge in [-0.1, -0.05) is 0 Å². The topological polar surface area (TPSA) is 29.5 Å². The van der Waals surface area contributed by atoms with E-state index in [-0.39, 0.29) is 5.91 Å². The number of amides is 1. The molecule has 1 aliphatic rings. The van der Waals surface area contributed by atoms with Gasteiger partial charge in [0.05, 0.1) is 6.61 Å². The van der Waals surface area contributed by atoms with Crippen LogP contribution in [0.2, 0.25) is 0 Å². The molecule has 1 fully saturated rings. The van der Waals surface area contributed by atoms with Crippen molar-refractivity contribution in [1.29, 1.82) is 0 Å². The zero-order chi connectivity index (χ0) is 12.3. The molecule has 0 spiro atoms. The van der Waals surface area contributed by atoms with E-state index in [2.05, 4.69) is 22.6 Å². The first kappa shape index (κ1) is 12.8. The molecule has 4 heteroatoms. The van der Waals surface area contributed by atoms with Gasteiger partial charge in [-0.2, -0.15) is 0 Å². The molecule has 1 aromatic carbocycles. The van der Waals surface area contributed by atoms with Crippen LogP contribution >= 0.6 is 22.6 Å². The monoisotopic (exact) mass is 345 g/mol. The van der Waals surface area contributed by atoms with Crippen LogP contribution in [0.3, 0.4) is 0 Å². The van der Waals surface area contributed by atoms with Gasteiger partial charge in [-0.25, -0.2) is 0 Å². The van der Waals surface area contributed by atoms with Crippen molar-refractivity contribution < 1.29 is 9.53 Å². The summed E-state index contributed by atoms with van der Waals surface area (Å²) in [4.78, 5) is 14.2. The SMILES string of the molecule is COCCN(C(=O)c1ccc(I)cc1)C1CC1. The molecule has 1 aromatic rings. The lowest BCUT2D eigenvalue weighted by Gasteiger charge is -2.22. The maximum Gasteiger partial charge on any atom is 0.254 e. The van der Waals surface area contributed by atoms with E-state index in [4.69, 9.17) is 4.74 Å². The van der Waals surface area contributed by atoms with Crippen LogP contribution in [0.5, 0.6) is 0 Å². The highest BCUT2D eigenvalue weighted by Gasteiger charge is 2.32. The molecule has 0 heterocycles. The fourth-order valence-electron chi connectivity index (χ4n) is 1.78. The predicted octanol–water partition coefficient (Wildman–Crippen LogP) is 2.54. The molecule has 1 saturated carbocycles. The maximum atomic E-state index is 12.3. The number of carbonyl (C=O) groups is 1. The minimum atomic E-state index is 0.126. The van der Waals surface area contributed by atoms with Gasteiger partial charge in [-0.15, -0.1) is 0 Å². The fourth-order valence-corrected chi connectivity index (χ4v) is 2.14. The van der Waals surface area contributed by atoms with Crippen molar-refractivity contribution in [3.05, 3.63) is 33.4 Å². The summed E-state index contributed by atoms with van der Waals surface area (Å²) in [6, 6.07) is 8.15. The number of benzene rings is 1. The lowest BCUT2D eigenvalue weighted by molar-refractivity contribution is 0.0680. The third kappa shape index (κ3) is 3.42. The summed E-state index contributed by atoms with van der Waals surface area (Å²) in [6.07, 6.45) is 2.25. The minimum absolute atomic E-state index is 0.126. The number of methoxy groups -OCH3 is 1. The second kappa shape index (κ2) is 5.82. The lowest BCUT2D eigenvalue weighted by atomic mass is 10.2. The molecule has 0 atom stereocenters. The Hall–Kier alpha value is -0.620. The van der Waals surface area contributed by atoms with E-state index in [1.54, 1.807) is 7.11 Å². The fraction of sp³-hybridized carbons (Fsp3) is 0.462. The van der Waals surface area contributed by atoms with Crippen molar-refractivity contribution in [2.45, 2.75) is 18.9 Å². The molecule has 1 aliphatic carbocycles. The third-order valence-electron chi connectivity index (χ3n) is 2.88. The first-order valence-corrected chi connectivity index (χ1v) is 6.85. The first-order chi connectivity index (χ1) is 8.22. The van der Waals surface area contributed by atoms with E-state index >= 15 is 0 Å². The summed E-state index contributed by atoms with van der Waals surface area (Å²) in [7, 11) is 1.67. The van der Waals surface area contributed by atoms with E-state index < -0.39 is 0 Å². The summed E-state index contributed by atoms with van der Waals surface area (Å²) in [5, 5.41) is 0. The van der Waals surface area contributed by atoms with Crippen molar-refractivity contribution in [2.75, 3.05) is 20.3 Å². The Kier molecular flexibility index (Phi) is 4.39. The standard InChI is InChI=1S/C13H16INO2/c1-17-9-8-15(12-6-7-12)13(16)10-2-4-11(14)5-3-10/h2-5,12H,6-9H2,1H3. The Morgan fingerprint density at radius 2 is 2.06 bits per heavy atom. The van der Waals surface area contributed by atoms with Gasteiger partial charge >= 0.3 is 0 Å². The Morgan fingerprint density at radius 1 is 1.41 bits per heavy atom. The van der Waals surface area contributed by atoms with E-state index in [0.29, 0.717) is 19.2 Å². The molecule has 17 heavy (non-hydrogen) atoms. The minimum Gasteiger partial charge on any atom is -0.383 e. The maximum absolute atomic E-state index is 12.3. The Balaban J connectivity index is 2.07. The van der Waals surface area contributed by atoms with Crippen molar-refractivity contribution >= 4 is 28.5 Å². The van der Waals surface area contributed by atoms with Crippen LogP contribution < -0.4 is 0 Å². The molecule has 2 rings (SSSR count). The molecule has 0 aliphatic heterocycles. The molecule has 92 valence electrons. The van der Waals surface area contributed by atoms with Crippen LogP contribution in [0.15, 0.2) is 24.3 Å².